The number of methoxy groups -OCH3 is 1. The molecule has 7 nitrogen and oxygen atoms in total. The van der Waals surface area contributed by atoms with Crippen molar-refractivity contribution < 1.29 is 18.7 Å². The summed E-state index contributed by atoms with van der Waals surface area (Å²) >= 11 is 1.28. The van der Waals surface area contributed by atoms with Gasteiger partial charge in [0.05, 0.1) is 5.75 Å². The van der Waals surface area contributed by atoms with Crippen LogP contribution in [0.15, 0.2) is 59.8 Å². The van der Waals surface area contributed by atoms with Crippen molar-refractivity contribution in [3.05, 3.63) is 66.2 Å². The van der Waals surface area contributed by atoms with Gasteiger partial charge < -0.3 is 14.8 Å². The smallest absolute Gasteiger partial charge is 0.230 e. The van der Waals surface area contributed by atoms with E-state index in [0.29, 0.717) is 24.1 Å². The number of thioether (sulfide) groups is 1. The van der Waals surface area contributed by atoms with Gasteiger partial charge in [0.1, 0.15) is 6.61 Å². The molecular weight excluding hydrogens is 407 g/mol. The standard InChI is InChI=1S/C21H23FN4O3S/c1-28-13-7-12-23-20(27)15-30-21-25-24-19(26(21)16-8-3-2-4-9-16)14-29-18-11-6-5-10-17(18)22/h2-6,8-11H,7,12-15H2,1H3,(H,23,27). The van der Waals surface area contributed by atoms with Crippen LogP contribution in [0.5, 0.6) is 5.75 Å². The Bertz CT molecular complexity index is 952. The molecule has 0 aliphatic rings. The molecular formula is C21H23FN4O3S. The lowest BCUT2D eigenvalue weighted by atomic mass is 10.3. The van der Waals surface area contributed by atoms with Crippen molar-refractivity contribution >= 4 is 17.7 Å². The average molecular weight is 431 g/mol. The summed E-state index contributed by atoms with van der Waals surface area (Å²) in [7, 11) is 1.63. The number of nitrogens with zero attached hydrogens (tertiary/aromatic N) is 3. The number of carbonyl (C=O) groups excluding carboxylic acids is 1. The van der Waals surface area contributed by atoms with Gasteiger partial charge in [0.15, 0.2) is 22.5 Å². The molecule has 9 heteroatoms. The van der Waals surface area contributed by atoms with Crippen molar-refractivity contribution in [1.82, 2.24) is 20.1 Å². The van der Waals surface area contributed by atoms with Gasteiger partial charge in [-0.1, -0.05) is 42.1 Å². The van der Waals surface area contributed by atoms with E-state index in [1.54, 1.807) is 25.3 Å². The molecule has 0 aliphatic carbocycles. The van der Waals surface area contributed by atoms with Crippen LogP contribution in [0.1, 0.15) is 12.2 Å². The van der Waals surface area contributed by atoms with E-state index in [1.165, 1.54) is 17.8 Å². The number of amides is 1. The van der Waals surface area contributed by atoms with Crippen molar-refractivity contribution in [2.24, 2.45) is 0 Å². The molecule has 0 aliphatic heterocycles. The first-order chi connectivity index (χ1) is 14.7. The summed E-state index contributed by atoms with van der Waals surface area (Å²) in [4.78, 5) is 12.1. The van der Waals surface area contributed by atoms with Crippen LogP contribution in [0.4, 0.5) is 4.39 Å². The van der Waals surface area contributed by atoms with E-state index >= 15 is 0 Å². The Hall–Kier alpha value is -2.91. The summed E-state index contributed by atoms with van der Waals surface area (Å²) in [6.07, 6.45) is 0.755. The predicted molar refractivity (Wildman–Crippen MR) is 112 cm³/mol. The van der Waals surface area contributed by atoms with E-state index < -0.39 is 5.82 Å². The number of hydrogen-bond acceptors (Lipinski definition) is 6. The topological polar surface area (TPSA) is 78.3 Å². The van der Waals surface area contributed by atoms with Crippen molar-refractivity contribution in [2.75, 3.05) is 26.0 Å². The van der Waals surface area contributed by atoms with E-state index in [2.05, 4.69) is 15.5 Å². The minimum Gasteiger partial charge on any atom is -0.483 e. The van der Waals surface area contributed by atoms with Crippen LogP contribution in [0.2, 0.25) is 0 Å². The van der Waals surface area contributed by atoms with E-state index in [4.69, 9.17) is 9.47 Å². The molecule has 2 aromatic carbocycles. The molecule has 1 N–H and O–H groups in total. The van der Waals surface area contributed by atoms with Crippen molar-refractivity contribution in [2.45, 2.75) is 18.2 Å². The maximum Gasteiger partial charge on any atom is 0.230 e. The number of benzene rings is 2. The third-order valence-electron chi connectivity index (χ3n) is 4.09. The molecule has 0 atom stereocenters. The van der Waals surface area contributed by atoms with E-state index in [9.17, 15) is 9.18 Å². The lowest BCUT2D eigenvalue weighted by Crippen LogP contribution is -2.27. The van der Waals surface area contributed by atoms with Gasteiger partial charge in [-0.05, 0) is 30.7 Å². The molecule has 0 unspecified atom stereocenters. The molecule has 158 valence electrons. The Morgan fingerprint density at radius 3 is 2.67 bits per heavy atom. The monoisotopic (exact) mass is 430 g/mol. The summed E-state index contributed by atoms with van der Waals surface area (Å²) in [5, 5.41) is 11.8. The molecule has 0 saturated heterocycles. The molecule has 0 spiro atoms. The second-order valence-corrected chi connectivity index (χ2v) is 7.22. The number of halogens is 1. The Labute approximate surface area is 178 Å². The fourth-order valence-electron chi connectivity index (χ4n) is 2.65. The number of nitrogens with one attached hydrogen (secondary N) is 1. The predicted octanol–water partition coefficient (Wildman–Crippen LogP) is 3.23. The third kappa shape index (κ3) is 6.04. The summed E-state index contributed by atoms with van der Waals surface area (Å²) in [5.41, 5.74) is 0.831. The normalized spacial score (nSPS) is 10.7. The minimum absolute atomic E-state index is 0.0343. The number of rotatable bonds is 11. The van der Waals surface area contributed by atoms with Crippen LogP contribution < -0.4 is 10.1 Å². The number of aromatic nitrogens is 3. The maximum absolute atomic E-state index is 13.9. The molecule has 3 aromatic rings. The largest absolute Gasteiger partial charge is 0.483 e. The highest BCUT2D eigenvalue weighted by atomic mass is 32.2. The van der Waals surface area contributed by atoms with Crippen LogP contribution in [-0.2, 0) is 16.1 Å². The second-order valence-electron chi connectivity index (χ2n) is 6.27. The zero-order chi connectivity index (χ0) is 21.2. The third-order valence-corrected chi connectivity index (χ3v) is 5.02. The van der Waals surface area contributed by atoms with Crippen LogP contribution in [0.25, 0.3) is 5.69 Å². The van der Waals surface area contributed by atoms with Crippen LogP contribution in [0.3, 0.4) is 0 Å². The number of hydrogen-bond donors (Lipinski definition) is 1. The Morgan fingerprint density at radius 2 is 1.90 bits per heavy atom. The number of carbonyl (C=O) groups is 1. The molecule has 0 fully saturated rings. The van der Waals surface area contributed by atoms with Crippen LogP contribution in [0, 0.1) is 5.82 Å². The lowest BCUT2D eigenvalue weighted by molar-refractivity contribution is -0.118. The molecule has 3 rings (SSSR count). The molecule has 1 heterocycles. The number of para-hydroxylation sites is 2. The molecule has 30 heavy (non-hydrogen) atoms. The Balaban J connectivity index is 1.70. The molecule has 0 bridgehead atoms. The second kappa shape index (κ2) is 11.3. The first-order valence-corrected chi connectivity index (χ1v) is 10.4. The van der Waals surface area contributed by atoms with Crippen molar-refractivity contribution in [1.29, 1.82) is 0 Å². The fraction of sp³-hybridized carbons (Fsp3) is 0.286. The van der Waals surface area contributed by atoms with Gasteiger partial charge in [-0.3, -0.25) is 9.36 Å². The maximum atomic E-state index is 13.9. The minimum atomic E-state index is -0.442. The lowest BCUT2D eigenvalue weighted by Gasteiger charge is -2.11. The van der Waals surface area contributed by atoms with E-state index in [0.717, 1.165) is 12.1 Å². The first kappa shape index (κ1) is 21.8. The zero-order valence-corrected chi connectivity index (χ0v) is 17.4. The molecule has 1 aromatic heterocycles. The van der Waals surface area contributed by atoms with Gasteiger partial charge in [-0.2, -0.15) is 0 Å². The van der Waals surface area contributed by atoms with Crippen LogP contribution >= 0.6 is 11.8 Å². The van der Waals surface area contributed by atoms with Gasteiger partial charge in [0, 0.05) is 25.9 Å². The van der Waals surface area contributed by atoms with Gasteiger partial charge >= 0.3 is 0 Å². The number of ether oxygens (including phenoxy) is 2. The Morgan fingerprint density at radius 1 is 1.13 bits per heavy atom. The van der Waals surface area contributed by atoms with Crippen molar-refractivity contribution in [3.63, 3.8) is 0 Å². The summed E-state index contributed by atoms with van der Waals surface area (Å²) < 4.78 is 26.2. The van der Waals surface area contributed by atoms with Gasteiger partial charge in [-0.15, -0.1) is 10.2 Å². The van der Waals surface area contributed by atoms with E-state index in [-0.39, 0.29) is 24.0 Å². The van der Waals surface area contributed by atoms with Gasteiger partial charge in [-0.25, -0.2) is 4.39 Å². The molecule has 0 saturated carbocycles. The summed E-state index contributed by atoms with van der Waals surface area (Å²) in [6, 6.07) is 15.7. The SMILES string of the molecule is COCCCNC(=O)CSc1nnc(COc2ccccc2F)n1-c1ccccc1. The highest BCUT2D eigenvalue weighted by molar-refractivity contribution is 7.99. The highest BCUT2D eigenvalue weighted by Crippen LogP contribution is 2.23. The van der Waals surface area contributed by atoms with E-state index in [1.807, 2.05) is 34.9 Å². The Kier molecular flexibility index (Phi) is 8.22. The highest BCUT2D eigenvalue weighted by Gasteiger charge is 2.17. The van der Waals surface area contributed by atoms with Crippen molar-refractivity contribution in [3.8, 4) is 11.4 Å². The molecule has 0 radical (unpaired) electrons. The zero-order valence-electron chi connectivity index (χ0n) is 16.6. The van der Waals surface area contributed by atoms with Gasteiger partial charge in [0.2, 0.25) is 5.91 Å². The fourth-order valence-corrected chi connectivity index (χ4v) is 3.45. The first-order valence-electron chi connectivity index (χ1n) is 9.44. The van der Waals surface area contributed by atoms with Crippen LogP contribution in [-0.4, -0.2) is 46.7 Å². The summed E-state index contributed by atoms with van der Waals surface area (Å²) in [5.74, 6) is 0.314. The molecule has 1 amide bonds. The van der Waals surface area contributed by atoms with Gasteiger partial charge in [0.25, 0.3) is 0 Å². The average Bonchev–Trinajstić information content (AvgIpc) is 3.18. The summed E-state index contributed by atoms with van der Waals surface area (Å²) in [6.45, 7) is 1.19. The quantitative estimate of drug-likeness (QED) is 0.372.